The molecule has 1 atom stereocenters. The van der Waals surface area contributed by atoms with Gasteiger partial charge in [0.15, 0.2) is 0 Å². The first kappa shape index (κ1) is 20.1. The first-order chi connectivity index (χ1) is 11.4. The van der Waals surface area contributed by atoms with Crippen LogP contribution in [0.1, 0.15) is 97.3 Å². The third kappa shape index (κ3) is 11.2. The van der Waals surface area contributed by atoms with Crippen LogP contribution in [0.15, 0.2) is 30.3 Å². The van der Waals surface area contributed by atoms with Gasteiger partial charge in [0.05, 0.1) is 6.10 Å². The lowest BCUT2D eigenvalue weighted by molar-refractivity contribution is 0.182. The SMILES string of the molecule is CCCCCCCCCCCCCC(CC)Oc1ccccc1. The zero-order valence-corrected chi connectivity index (χ0v) is 15.6. The molecule has 0 saturated heterocycles. The maximum Gasteiger partial charge on any atom is 0.119 e. The van der Waals surface area contributed by atoms with Crippen molar-refractivity contribution in [1.82, 2.24) is 0 Å². The number of benzene rings is 1. The first-order valence-corrected chi connectivity index (χ1v) is 10.1. The summed E-state index contributed by atoms with van der Waals surface area (Å²) < 4.78 is 6.06. The molecule has 1 unspecified atom stereocenters. The Hall–Kier alpha value is -0.980. The lowest BCUT2D eigenvalue weighted by Gasteiger charge is -2.17. The molecule has 1 nitrogen and oxygen atoms in total. The van der Waals surface area contributed by atoms with Crippen molar-refractivity contribution >= 4 is 0 Å². The lowest BCUT2D eigenvalue weighted by atomic mass is 10.0. The van der Waals surface area contributed by atoms with Crippen molar-refractivity contribution in [2.75, 3.05) is 0 Å². The van der Waals surface area contributed by atoms with Crippen LogP contribution in [0.3, 0.4) is 0 Å². The smallest absolute Gasteiger partial charge is 0.119 e. The standard InChI is InChI=1S/C22H38O/c1-3-5-6-7-8-9-10-11-12-13-15-18-21(4-2)23-22-19-16-14-17-20-22/h14,16-17,19-21H,3-13,15,18H2,1-2H3. The number of hydrogen-bond donors (Lipinski definition) is 0. The second-order valence-electron chi connectivity index (χ2n) is 6.79. The molecule has 0 aliphatic heterocycles. The summed E-state index contributed by atoms with van der Waals surface area (Å²) in [5, 5.41) is 0. The van der Waals surface area contributed by atoms with E-state index in [-0.39, 0.29) is 0 Å². The topological polar surface area (TPSA) is 9.23 Å². The van der Waals surface area contributed by atoms with Crippen LogP contribution >= 0.6 is 0 Å². The predicted molar refractivity (Wildman–Crippen MR) is 102 cm³/mol. The van der Waals surface area contributed by atoms with Gasteiger partial charge in [-0.2, -0.15) is 0 Å². The molecule has 0 aliphatic rings. The van der Waals surface area contributed by atoms with E-state index in [1.807, 2.05) is 18.2 Å². The second kappa shape index (κ2) is 14.6. The van der Waals surface area contributed by atoms with Crippen LogP contribution in [0, 0.1) is 0 Å². The maximum absolute atomic E-state index is 6.06. The third-order valence-electron chi connectivity index (χ3n) is 4.63. The molecule has 0 bridgehead atoms. The summed E-state index contributed by atoms with van der Waals surface area (Å²) in [6, 6.07) is 10.2. The van der Waals surface area contributed by atoms with Crippen LogP contribution < -0.4 is 4.74 Å². The van der Waals surface area contributed by atoms with Gasteiger partial charge in [0.1, 0.15) is 5.75 Å². The zero-order chi connectivity index (χ0) is 16.6. The van der Waals surface area contributed by atoms with Gasteiger partial charge < -0.3 is 4.74 Å². The van der Waals surface area contributed by atoms with Gasteiger partial charge in [0, 0.05) is 0 Å². The van der Waals surface area contributed by atoms with E-state index in [0.717, 1.165) is 12.2 Å². The van der Waals surface area contributed by atoms with Gasteiger partial charge in [-0.15, -0.1) is 0 Å². The van der Waals surface area contributed by atoms with E-state index >= 15 is 0 Å². The van der Waals surface area contributed by atoms with Crippen LogP contribution in [0.4, 0.5) is 0 Å². The zero-order valence-electron chi connectivity index (χ0n) is 15.6. The van der Waals surface area contributed by atoms with Crippen LogP contribution in [0.5, 0.6) is 5.75 Å². The van der Waals surface area contributed by atoms with E-state index in [2.05, 4.69) is 26.0 Å². The number of rotatable bonds is 15. The molecule has 0 saturated carbocycles. The molecule has 1 aromatic carbocycles. The fourth-order valence-electron chi connectivity index (χ4n) is 3.07. The molecule has 1 rings (SSSR count). The second-order valence-corrected chi connectivity index (χ2v) is 6.79. The average molecular weight is 319 g/mol. The summed E-state index contributed by atoms with van der Waals surface area (Å²) in [5.74, 6) is 1.02. The maximum atomic E-state index is 6.06. The van der Waals surface area contributed by atoms with Crippen molar-refractivity contribution in [1.29, 1.82) is 0 Å². The van der Waals surface area contributed by atoms with Crippen LogP contribution in [0.25, 0.3) is 0 Å². The van der Waals surface area contributed by atoms with E-state index in [1.165, 1.54) is 77.0 Å². The lowest BCUT2D eigenvalue weighted by Crippen LogP contribution is -2.15. The highest BCUT2D eigenvalue weighted by Gasteiger charge is 2.07. The molecule has 0 spiro atoms. The van der Waals surface area contributed by atoms with E-state index in [4.69, 9.17) is 4.74 Å². The van der Waals surface area contributed by atoms with Crippen LogP contribution in [-0.2, 0) is 0 Å². The summed E-state index contributed by atoms with van der Waals surface area (Å²) in [6.45, 7) is 4.51. The molecule has 132 valence electrons. The quantitative estimate of drug-likeness (QED) is 0.303. The molecule has 0 aromatic heterocycles. The highest BCUT2D eigenvalue weighted by molar-refractivity contribution is 5.21. The largest absolute Gasteiger partial charge is 0.490 e. The molecule has 23 heavy (non-hydrogen) atoms. The normalized spacial score (nSPS) is 12.3. The Balaban J connectivity index is 1.93. The summed E-state index contributed by atoms with van der Waals surface area (Å²) in [6.07, 6.45) is 18.2. The van der Waals surface area contributed by atoms with E-state index in [1.54, 1.807) is 0 Å². The average Bonchev–Trinajstić information content (AvgIpc) is 2.59. The molecule has 1 heteroatoms. The molecule has 0 aliphatic carbocycles. The van der Waals surface area contributed by atoms with E-state index in [9.17, 15) is 0 Å². The van der Waals surface area contributed by atoms with Crippen LogP contribution in [-0.4, -0.2) is 6.10 Å². The monoisotopic (exact) mass is 318 g/mol. The molecule has 0 heterocycles. The van der Waals surface area contributed by atoms with Crippen molar-refractivity contribution in [2.45, 2.75) is 103 Å². The molecular weight excluding hydrogens is 280 g/mol. The van der Waals surface area contributed by atoms with Crippen molar-refractivity contribution < 1.29 is 4.74 Å². The molecule has 0 N–H and O–H groups in total. The van der Waals surface area contributed by atoms with Gasteiger partial charge in [-0.3, -0.25) is 0 Å². The first-order valence-electron chi connectivity index (χ1n) is 10.1. The summed E-state index contributed by atoms with van der Waals surface area (Å²) in [5.41, 5.74) is 0. The minimum atomic E-state index is 0.385. The third-order valence-corrected chi connectivity index (χ3v) is 4.63. The van der Waals surface area contributed by atoms with Crippen molar-refractivity contribution in [3.8, 4) is 5.75 Å². The van der Waals surface area contributed by atoms with Gasteiger partial charge in [-0.25, -0.2) is 0 Å². The fraction of sp³-hybridized carbons (Fsp3) is 0.727. The molecule has 0 radical (unpaired) electrons. The van der Waals surface area contributed by atoms with Crippen LogP contribution in [0.2, 0.25) is 0 Å². The fourth-order valence-corrected chi connectivity index (χ4v) is 3.07. The number of hydrogen-bond acceptors (Lipinski definition) is 1. The van der Waals surface area contributed by atoms with E-state index < -0.39 is 0 Å². The summed E-state index contributed by atoms with van der Waals surface area (Å²) >= 11 is 0. The minimum absolute atomic E-state index is 0.385. The number of unbranched alkanes of at least 4 members (excludes halogenated alkanes) is 10. The minimum Gasteiger partial charge on any atom is -0.490 e. The molecule has 1 aromatic rings. The molecule has 0 fully saturated rings. The van der Waals surface area contributed by atoms with Gasteiger partial charge in [0.25, 0.3) is 0 Å². The molecule has 0 amide bonds. The highest BCUT2D eigenvalue weighted by Crippen LogP contribution is 2.17. The highest BCUT2D eigenvalue weighted by atomic mass is 16.5. The van der Waals surface area contributed by atoms with Crippen molar-refractivity contribution in [2.24, 2.45) is 0 Å². The van der Waals surface area contributed by atoms with Gasteiger partial charge in [-0.05, 0) is 31.4 Å². The number of para-hydroxylation sites is 1. The summed E-state index contributed by atoms with van der Waals surface area (Å²) in [4.78, 5) is 0. The van der Waals surface area contributed by atoms with Gasteiger partial charge in [-0.1, -0.05) is 96.3 Å². The molecular formula is C22H38O. The predicted octanol–water partition coefficient (Wildman–Crippen LogP) is 7.55. The van der Waals surface area contributed by atoms with Crippen molar-refractivity contribution in [3.05, 3.63) is 30.3 Å². The Kier molecular flexibility index (Phi) is 12.7. The van der Waals surface area contributed by atoms with E-state index in [0.29, 0.717) is 6.10 Å². The van der Waals surface area contributed by atoms with Gasteiger partial charge in [0.2, 0.25) is 0 Å². The number of ether oxygens (including phenoxy) is 1. The Morgan fingerprint density at radius 3 is 1.74 bits per heavy atom. The Bertz CT molecular complexity index is 346. The Labute approximate surface area is 144 Å². The van der Waals surface area contributed by atoms with Gasteiger partial charge >= 0.3 is 0 Å². The summed E-state index contributed by atoms with van der Waals surface area (Å²) in [7, 11) is 0. The Morgan fingerprint density at radius 1 is 0.696 bits per heavy atom. The van der Waals surface area contributed by atoms with Crippen molar-refractivity contribution in [3.63, 3.8) is 0 Å². The Morgan fingerprint density at radius 2 is 1.22 bits per heavy atom.